The molecule has 16 nitrogen and oxygen atoms in total. The maximum Gasteiger partial charge on any atom is 2.00 e. The molecule has 0 aliphatic carbocycles. The molecule has 0 fully saturated rings. The van der Waals surface area contributed by atoms with Gasteiger partial charge in [-0.15, -0.1) is 0 Å². The summed E-state index contributed by atoms with van der Waals surface area (Å²) in [7, 11) is -9.22. The van der Waals surface area contributed by atoms with Crippen molar-refractivity contribution in [3.63, 3.8) is 0 Å². The molecule has 19 heteroatoms. The van der Waals surface area contributed by atoms with Gasteiger partial charge in [0.05, 0.1) is 26.4 Å². The smallest absolute Gasteiger partial charge is 0.756 e. The molecule has 0 bridgehead atoms. The Labute approximate surface area is 291 Å². The molecule has 0 rings (SSSR count). The summed E-state index contributed by atoms with van der Waals surface area (Å²) in [5.74, 6) is -2.60. The Morgan fingerprint density at radius 1 is 0.489 bits per heavy atom. The van der Waals surface area contributed by atoms with Crippen LogP contribution in [-0.2, 0) is 65.4 Å². The molecule has 0 aliphatic rings. The van der Waals surface area contributed by atoms with Crippen LogP contribution in [0.3, 0.4) is 0 Å². The summed E-state index contributed by atoms with van der Waals surface area (Å²) in [5.41, 5.74) is 0.747. The van der Waals surface area contributed by atoms with Crippen LogP contribution >= 0.6 is 15.6 Å². The molecule has 0 saturated heterocycles. The number of phosphoric acid groups is 2. The molecular formula is C28H44MgO16P2. The zero-order valence-corrected chi connectivity index (χ0v) is 31.3. The second-order valence-electron chi connectivity index (χ2n) is 10.1. The standard InChI is InChI=1S/2C14H23O8P.Mg/c2*1-9(2)13(15)21-11(5)7-19-23(17,18)20-8-12(6)22-14(16)10(3)4;/h2*11-12H,1,3,7-8H2,2,4-6H3,(H,17,18);/q;;+2/p-2. The van der Waals surface area contributed by atoms with Gasteiger partial charge >= 0.3 is 46.9 Å². The molecule has 4 atom stereocenters. The molecule has 0 aromatic rings. The minimum atomic E-state index is -4.61. The van der Waals surface area contributed by atoms with E-state index < -0.39 is 90.4 Å². The van der Waals surface area contributed by atoms with Crippen LogP contribution < -0.4 is 9.79 Å². The fourth-order valence-corrected chi connectivity index (χ4v) is 3.85. The molecule has 0 aromatic heterocycles. The van der Waals surface area contributed by atoms with Crippen LogP contribution in [0.1, 0.15) is 55.4 Å². The van der Waals surface area contributed by atoms with Crippen LogP contribution in [-0.4, -0.2) is 97.8 Å². The van der Waals surface area contributed by atoms with E-state index in [9.17, 15) is 38.1 Å². The Morgan fingerprint density at radius 3 is 0.766 bits per heavy atom. The fraction of sp³-hybridized carbons (Fsp3) is 0.571. The van der Waals surface area contributed by atoms with Gasteiger partial charge in [-0.2, -0.15) is 0 Å². The molecule has 0 aromatic carbocycles. The molecular weight excluding hydrogens is 679 g/mol. The topological polar surface area (TPSA) is 222 Å². The van der Waals surface area contributed by atoms with Crippen LogP contribution in [0, 0.1) is 0 Å². The van der Waals surface area contributed by atoms with Gasteiger partial charge in [0.1, 0.15) is 24.4 Å². The molecule has 0 amide bonds. The number of carbonyl (C=O) groups is 4. The van der Waals surface area contributed by atoms with Crippen molar-refractivity contribution in [1.82, 2.24) is 0 Å². The molecule has 0 heterocycles. The van der Waals surface area contributed by atoms with Gasteiger partial charge in [-0.05, 0) is 55.4 Å². The van der Waals surface area contributed by atoms with E-state index in [4.69, 9.17) is 18.9 Å². The maximum absolute atomic E-state index is 11.5. The molecule has 0 radical (unpaired) electrons. The monoisotopic (exact) mass is 722 g/mol. The summed E-state index contributed by atoms with van der Waals surface area (Å²) in [6.07, 6.45) is -3.21. The first kappa shape index (κ1) is 49.2. The van der Waals surface area contributed by atoms with Crippen molar-refractivity contribution < 1.29 is 75.1 Å². The fourth-order valence-electron chi connectivity index (χ4n) is 2.13. The van der Waals surface area contributed by atoms with Gasteiger partial charge in [0.15, 0.2) is 0 Å². The zero-order chi connectivity index (χ0) is 36.4. The molecule has 4 unspecified atom stereocenters. The maximum atomic E-state index is 11.5. The summed E-state index contributed by atoms with van der Waals surface area (Å²) in [5, 5.41) is 0. The summed E-state index contributed by atoms with van der Waals surface area (Å²) in [6.45, 7) is 23.7. The molecule has 0 spiro atoms. The molecule has 0 N–H and O–H groups in total. The number of hydrogen-bond acceptors (Lipinski definition) is 16. The van der Waals surface area contributed by atoms with Crippen molar-refractivity contribution in [1.29, 1.82) is 0 Å². The van der Waals surface area contributed by atoms with Gasteiger partial charge < -0.3 is 46.8 Å². The van der Waals surface area contributed by atoms with E-state index in [0.717, 1.165) is 0 Å². The Morgan fingerprint density at radius 2 is 0.638 bits per heavy atom. The van der Waals surface area contributed by atoms with E-state index in [0.29, 0.717) is 0 Å². The second-order valence-corrected chi connectivity index (χ2v) is 12.9. The number of rotatable bonds is 20. The van der Waals surface area contributed by atoms with Crippen LogP contribution in [0.5, 0.6) is 0 Å². The minimum Gasteiger partial charge on any atom is -0.756 e. The van der Waals surface area contributed by atoms with Crippen molar-refractivity contribution >= 4 is 62.6 Å². The third kappa shape index (κ3) is 26.5. The first-order valence-electron chi connectivity index (χ1n) is 13.5. The Kier molecular flexibility index (Phi) is 25.2. The molecule has 47 heavy (non-hydrogen) atoms. The number of hydrogen-bond donors (Lipinski definition) is 0. The second kappa shape index (κ2) is 24.0. The van der Waals surface area contributed by atoms with Crippen LogP contribution in [0.25, 0.3) is 0 Å². The Hall–Kier alpha value is -2.17. The first-order valence-corrected chi connectivity index (χ1v) is 16.5. The molecule has 0 aliphatic heterocycles. The van der Waals surface area contributed by atoms with Crippen molar-refractivity contribution in [2.45, 2.75) is 79.8 Å². The van der Waals surface area contributed by atoms with Gasteiger partial charge in [0.25, 0.3) is 15.6 Å². The molecule has 0 saturated carbocycles. The number of carbonyl (C=O) groups excluding carboxylic acids is 4. The van der Waals surface area contributed by atoms with Crippen molar-refractivity contribution in [3.05, 3.63) is 48.6 Å². The Balaban J connectivity index is -0.000000807. The van der Waals surface area contributed by atoms with Gasteiger partial charge in [0, 0.05) is 22.3 Å². The van der Waals surface area contributed by atoms with E-state index in [-0.39, 0.29) is 45.3 Å². The number of phosphoric ester groups is 2. The third-order valence-electron chi connectivity index (χ3n) is 4.50. The van der Waals surface area contributed by atoms with Crippen molar-refractivity contribution in [2.75, 3.05) is 26.4 Å². The van der Waals surface area contributed by atoms with Crippen LogP contribution in [0.4, 0.5) is 0 Å². The van der Waals surface area contributed by atoms with Gasteiger partial charge in [-0.25, -0.2) is 19.2 Å². The summed E-state index contributed by atoms with van der Waals surface area (Å²) < 4.78 is 60.9. The van der Waals surface area contributed by atoms with E-state index in [1.165, 1.54) is 55.4 Å². The van der Waals surface area contributed by atoms with E-state index in [2.05, 4.69) is 44.4 Å². The van der Waals surface area contributed by atoms with Crippen LogP contribution in [0.15, 0.2) is 48.6 Å². The predicted octanol–water partition coefficient (Wildman–Crippen LogP) is 2.63. The van der Waals surface area contributed by atoms with Gasteiger partial charge in [-0.1, -0.05) is 26.3 Å². The largest absolute Gasteiger partial charge is 2.00 e. The number of esters is 4. The Bertz CT molecular complexity index is 1040. The SMILES string of the molecule is C=C(C)C(=O)OC(C)COP(=O)([O-])OCC(C)OC(=O)C(=C)C.C=C(C)C(=O)OC(C)COP(=O)([O-])OCC(C)OC(=O)C(=C)C.[Mg+2]. The van der Waals surface area contributed by atoms with Crippen LogP contribution in [0.2, 0.25) is 0 Å². The van der Waals surface area contributed by atoms with Crippen molar-refractivity contribution in [2.24, 2.45) is 0 Å². The summed E-state index contributed by atoms with van der Waals surface area (Å²) in [4.78, 5) is 68.0. The third-order valence-corrected chi connectivity index (χ3v) is 6.36. The van der Waals surface area contributed by atoms with Crippen molar-refractivity contribution in [3.8, 4) is 0 Å². The predicted molar refractivity (Wildman–Crippen MR) is 166 cm³/mol. The molecule has 264 valence electrons. The van der Waals surface area contributed by atoms with Gasteiger partial charge in [0.2, 0.25) is 0 Å². The average molecular weight is 723 g/mol. The van der Waals surface area contributed by atoms with E-state index >= 15 is 0 Å². The van der Waals surface area contributed by atoms with Gasteiger partial charge in [-0.3, -0.25) is 9.13 Å². The van der Waals surface area contributed by atoms with E-state index in [1.807, 2.05) is 0 Å². The summed E-state index contributed by atoms with van der Waals surface area (Å²) >= 11 is 0. The zero-order valence-electron chi connectivity index (χ0n) is 28.1. The first-order chi connectivity index (χ1) is 20.9. The average Bonchev–Trinajstić information content (AvgIpc) is 2.93. The van der Waals surface area contributed by atoms with E-state index in [1.54, 1.807) is 0 Å². The quantitative estimate of drug-likeness (QED) is 0.0579. The normalized spacial score (nSPS) is 15.5. The number of ether oxygens (including phenoxy) is 4. The summed E-state index contributed by atoms with van der Waals surface area (Å²) in [6, 6.07) is 0. The minimum absolute atomic E-state index is 0.